The lowest BCUT2D eigenvalue weighted by atomic mass is 9.99. The van der Waals surface area contributed by atoms with Gasteiger partial charge in [0.1, 0.15) is 33.7 Å². The minimum Gasteiger partial charge on any atom is -0.444 e. The largest absolute Gasteiger partial charge is 0.444 e. The Morgan fingerprint density at radius 1 is 1.15 bits per heavy atom. The highest BCUT2D eigenvalue weighted by molar-refractivity contribution is 7.22. The number of hydrogen-bond donors (Lipinski definition) is 1. The molecule has 202 valence electrons. The van der Waals surface area contributed by atoms with Gasteiger partial charge in [0.15, 0.2) is 10.9 Å². The normalized spacial score (nSPS) is 14.2. The quantitative estimate of drug-likeness (QED) is 0.262. The fourth-order valence-corrected chi connectivity index (χ4v) is 5.87. The van der Waals surface area contributed by atoms with Crippen LogP contribution in [0.25, 0.3) is 32.2 Å². The Labute approximate surface area is 236 Å². The number of fused-ring (bicyclic) bond motifs is 2. The second-order valence-electron chi connectivity index (χ2n) is 9.96. The lowest BCUT2D eigenvalue weighted by Gasteiger charge is -2.37. The van der Waals surface area contributed by atoms with Crippen molar-refractivity contribution in [1.82, 2.24) is 14.9 Å². The summed E-state index contributed by atoms with van der Waals surface area (Å²) in [6.07, 6.45) is -0.438. The number of nitrogen functional groups attached to an aromatic ring is 1. The number of piperazine rings is 1. The highest BCUT2D eigenvalue weighted by Crippen LogP contribution is 2.44. The third kappa shape index (κ3) is 4.88. The van der Waals surface area contributed by atoms with Crippen molar-refractivity contribution in [3.8, 4) is 17.2 Å². The number of ether oxygens (including phenoxy) is 1. The molecule has 4 aromatic rings. The SMILES string of the molecule is CC(C)(C)OC(=O)N1CCN(c2c(C#N)c(Cl)nc3c(F)c(-c4ccc(F)c5sc(N)nc45)c(Cl)cc23)CC1. The lowest BCUT2D eigenvalue weighted by molar-refractivity contribution is 0.0240. The number of hydrogen-bond acceptors (Lipinski definition) is 8. The summed E-state index contributed by atoms with van der Waals surface area (Å²) >= 11 is 14.0. The van der Waals surface area contributed by atoms with E-state index in [2.05, 4.69) is 16.0 Å². The van der Waals surface area contributed by atoms with Gasteiger partial charge < -0.3 is 20.3 Å². The van der Waals surface area contributed by atoms with E-state index < -0.39 is 23.3 Å². The van der Waals surface area contributed by atoms with E-state index in [0.29, 0.717) is 31.9 Å². The summed E-state index contributed by atoms with van der Waals surface area (Å²) in [5, 5.41) is 10.2. The predicted octanol–water partition coefficient (Wildman–Crippen LogP) is 6.61. The third-order valence-electron chi connectivity index (χ3n) is 6.24. The zero-order valence-electron chi connectivity index (χ0n) is 21.1. The highest BCUT2D eigenvalue weighted by Gasteiger charge is 2.30. The summed E-state index contributed by atoms with van der Waals surface area (Å²) in [5.74, 6) is -1.33. The Balaban J connectivity index is 1.61. The molecule has 3 heterocycles. The van der Waals surface area contributed by atoms with Gasteiger partial charge in [0.05, 0.1) is 20.9 Å². The summed E-state index contributed by atoms with van der Waals surface area (Å²) in [6.45, 7) is 6.67. The predicted molar refractivity (Wildman–Crippen MR) is 149 cm³/mol. The number of nitriles is 1. The number of benzene rings is 2. The number of rotatable bonds is 2. The van der Waals surface area contributed by atoms with Gasteiger partial charge in [-0.3, -0.25) is 0 Å². The summed E-state index contributed by atoms with van der Waals surface area (Å²) in [5.41, 5.74) is 5.88. The smallest absolute Gasteiger partial charge is 0.410 e. The first-order chi connectivity index (χ1) is 18.4. The standard InChI is InChI=1S/C26H22Cl2F2N6O2S/c1-26(2,3)38-25(37)36-8-6-35(7-9-36)21-13-10-15(27)17(18(30)19(13)33-23(28)14(21)11-31)12-4-5-16(29)22-20(12)34-24(32)39-22/h4-5,10H,6-9H2,1-3H3,(H2,32,34). The molecule has 0 spiro atoms. The molecule has 1 amide bonds. The Hall–Kier alpha value is -3.46. The van der Waals surface area contributed by atoms with Gasteiger partial charge in [-0.05, 0) is 39.0 Å². The van der Waals surface area contributed by atoms with Crippen molar-refractivity contribution in [1.29, 1.82) is 5.26 Å². The van der Waals surface area contributed by atoms with Crippen LogP contribution in [0.3, 0.4) is 0 Å². The average Bonchev–Trinajstić information content (AvgIpc) is 3.27. The Kier molecular flexibility index (Phi) is 6.91. The van der Waals surface area contributed by atoms with Crippen molar-refractivity contribution in [2.45, 2.75) is 26.4 Å². The third-order valence-corrected chi connectivity index (χ3v) is 7.71. The fraction of sp³-hybridized carbons (Fsp3) is 0.308. The van der Waals surface area contributed by atoms with Crippen LogP contribution in [0.15, 0.2) is 18.2 Å². The van der Waals surface area contributed by atoms with E-state index >= 15 is 4.39 Å². The van der Waals surface area contributed by atoms with E-state index in [1.165, 1.54) is 18.2 Å². The van der Waals surface area contributed by atoms with Crippen molar-refractivity contribution in [2.75, 3.05) is 36.8 Å². The second-order valence-corrected chi connectivity index (χ2v) is 11.8. The Morgan fingerprint density at radius 3 is 2.49 bits per heavy atom. The van der Waals surface area contributed by atoms with E-state index in [1.54, 1.807) is 25.7 Å². The van der Waals surface area contributed by atoms with Crippen LogP contribution in [0.5, 0.6) is 0 Å². The van der Waals surface area contributed by atoms with Crippen LogP contribution >= 0.6 is 34.5 Å². The minimum atomic E-state index is -0.794. The molecule has 1 saturated heterocycles. The van der Waals surface area contributed by atoms with Gasteiger partial charge in [-0.15, -0.1) is 0 Å². The van der Waals surface area contributed by atoms with Gasteiger partial charge in [0, 0.05) is 42.7 Å². The number of pyridine rings is 1. The van der Waals surface area contributed by atoms with Crippen LogP contribution in [-0.2, 0) is 4.74 Å². The molecule has 8 nitrogen and oxygen atoms in total. The first-order valence-corrected chi connectivity index (χ1v) is 13.5. The van der Waals surface area contributed by atoms with Gasteiger partial charge in [0.2, 0.25) is 0 Å². The maximum Gasteiger partial charge on any atom is 0.410 e. The number of anilines is 2. The maximum absolute atomic E-state index is 16.2. The van der Waals surface area contributed by atoms with Gasteiger partial charge in [-0.1, -0.05) is 34.5 Å². The number of nitrogens with two attached hydrogens (primary N) is 1. The number of thiazole rings is 1. The van der Waals surface area contributed by atoms with E-state index in [4.69, 9.17) is 33.7 Å². The van der Waals surface area contributed by atoms with E-state index in [9.17, 15) is 14.4 Å². The van der Waals surface area contributed by atoms with Crippen LogP contribution in [0.4, 0.5) is 24.4 Å². The monoisotopic (exact) mass is 590 g/mol. The van der Waals surface area contributed by atoms with Crippen molar-refractivity contribution in [3.63, 3.8) is 0 Å². The van der Waals surface area contributed by atoms with Crippen molar-refractivity contribution >= 4 is 72.6 Å². The second kappa shape index (κ2) is 9.93. The van der Waals surface area contributed by atoms with Crippen molar-refractivity contribution < 1.29 is 18.3 Å². The zero-order chi connectivity index (χ0) is 28.2. The van der Waals surface area contributed by atoms with Gasteiger partial charge >= 0.3 is 6.09 Å². The topological polar surface area (TPSA) is 108 Å². The zero-order valence-corrected chi connectivity index (χ0v) is 23.4. The first kappa shape index (κ1) is 27.1. The average molecular weight is 591 g/mol. The van der Waals surface area contributed by atoms with Gasteiger partial charge in [0.25, 0.3) is 0 Å². The number of carbonyl (C=O) groups is 1. The van der Waals surface area contributed by atoms with E-state index in [-0.39, 0.29) is 53.1 Å². The van der Waals surface area contributed by atoms with Crippen LogP contribution in [0.2, 0.25) is 10.2 Å². The van der Waals surface area contributed by atoms with Crippen LogP contribution in [0.1, 0.15) is 26.3 Å². The summed E-state index contributed by atoms with van der Waals surface area (Å²) < 4.78 is 36.2. The molecule has 39 heavy (non-hydrogen) atoms. The molecule has 0 unspecified atom stereocenters. The molecule has 2 aromatic heterocycles. The molecular weight excluding hydrogens is 569 g/mol. The van der Waals surface area contributed by atoms with Crippen LogP contribution in [0, 0.1) is 23.0 Å². The minimum absolute atomic E-state index is 0.0149. The summed E-state index contributed by atoms with van der Waals surface area (Å²) in [6, 6.07) is 6.16. The molecule has 2 N–H and O–H groups in total. The van der Waals surface area contributed by atoms with Crippen LogP contribution < -0.4 is 10.6 Å². The molecule has 5 rings (SSSR count). The lowest BCUT2D eigenvalue weighted by Crippen LogP contribution is -2.50. The molecule has 0 radical (unpaired) electrons. The molecule has 0 bridgehead atoms. The molecular formula is C26H22Cl2F2N6O2S. The number of amides is 1. The number of carbonyl (C=O) groups excluding carboxylic acids is 1. The Morgan fingerprint density at radius 2 is 1.85 bits per heavy atom. The first-order valence-electron chi connectivity index (χ1n) is 11.9. The van der Waals surface area contributed by atoms with E-state index in [0.717, 1.165) is 11.3 Å². The fourth-order valence-electron chi connectivity index (χ4n) is 4.59. The molecule has 0 atom stereocenters. The van der Waals surface area contributed by atoms with Crippen LogP contribution in [-0.4, -0.2) is 52.7 Å². The molecule has 1 aliphatic heterocycles. The Bertz CT molecular complexity index is 1690. The maximum atomic E-state index is 16.2. The van der Waals surface area contributed by atoms with Gasteiger partial charge in [-0.25, -0.2) is 23.5 Å². The molecule has 2 aromatic carbocycles. The highest BCUT2D eigenvalue weighted by atomic mass is 35.5. The molecule has 1 fully saturated rings. The van der Waals surface area contributed by atoms with E-state index in [1.807, 2.05) is 4.90 Å². The molecule has 13 heteroatoms. The van der Waals surface area contributed by atoms with Gasteiger partial charge in [-0.2, -0.15) is 5.26 Å². The number of halogens is 4. The van der Waals surface area contributed by atoms with Crippen molar-refractivity contribution in [3.05, 3.63) is 45.6 Å². The number of aromatic nitrogens is 2. The molecule has 0 saturated carbocycles. The summed E-state index contributed by atoms with van der Waals surface area (Å²) in [4.78, 5) is 24.3. The summed E-state index contributed by atoms with van der Waals surface area (Å²) in [7, 11) is 0. The van der Waals surface area contributed by atoms with Crippen molar-refractivity contribution in [2.24, 2.45) is 0 Å². The molecule has 0 aliphatic carbocycles. The number of nitrogens with zero attached hydrogens (tertiary/aromatic N) is 5. The molecule has 1 aliphatic rings.